The number of aromatic nitrogens is 4. The van der Waals surface area contributed by atoms with Crippen LogP contribution >= 0.6 is 0 Å². The van der Waals surface area contributed by atoms with E-state index in [4.69, 9.17) is 9.72 Å². The lowest BCUT2D eigenvalue weighted by molar-refractivity contribution is -0.144. The predicted octanol–water partition coefficient (Wildman–Crippen LogP) is 0.741. The maximum atomic E-state index is 12.7. The fourth-order valence-electron chi connectivity index (χ4n) is 4.26. The predicted molar refractivity (Wildman–Crippen MR) is 126 cm³/mol. The van der Waals surface area contributed by atoms with Crippen molar-refractivity contribution in [3.63, 3.8) is 0 Å². The van der Waals surface area contributed by atoms with Crippen molar-refractivity contribution < 1.29 is 9.53 Å². The molecule has 4 rings (SSSR count). The summed E-state index contributed by atoms with van der Waals surface area (Å²) < 4.78 is 8.36. The number of benzene rings is 1. The summed E-state index contributed by atoms with van der Waals surface area (Å²) in [5, 5.41) is 0. The van der Waals surface area contributed by atoms with Crippen LogP contribution in [0.3, 0.4) is 0 Å². The van der Waals surface area contributed by atoms with E-state index in [-0.39, 0.29) is 12.5 Å². The second-order valence-electron chi connectivity index (χ2n) is 8.21. The molecule has 1 N–H and O–H groups in total. The minimum absolute atomic E-state index is 0.222. The lowest BCUT2D eigenvalue weighted by Gasteiger charge is -2.34. The van der Waals surface area contributed by atoms with Crippen LogP contribution in [0.15, 0.2) is 39.9 Å². The van der Waals surface area contributed by atoms with Gasteiger partial charge in [0.1, 0.15) is 0 Å². The first kappa shape index (κ1) is 22.8. The van der Waals surface area contributed by atoms with Gasteiger partial charge in [-0.25, -0.2) is 4.79 Å². The van der Waals surface area contributed by atoms with E-state index < -0.39 is 11.2 Å². The Morgan fingerprint density at radius 2 is 1.85 bits per heavy atom. The molecular weight excluding hydrogens is 424 g/mol. The quantitative estimate of drug-likeness (QED) is 0.501. The van der Waals surface area contributed by atoms with Gasteiger partial charge in [0.05, 0.1) is 13.2 Å². The summed E-state index contributed by atoms with van der Waals surface area (Å²) in [4.78, 5) is 48.0. The number of carbonyl (C=O) groups excluding carboxylic acids is 1. The van der Waals surface area contributed by atoms with Crippen LogP contribution in [-0.2, 0) is 29.5 Å². The number of imidazole rings is 1. The standard InChI is InChI=1S/C23H30N6O4/c1-3-33-18(30)16-27-12-14-28(15-13-27)22-24-20-19(21(31)25-23(32)26(20)2)29(22)11-7-10-17-8-5-4-6-9-17/h4-6,8-9H,3,7,10-16H2,1-2H3,(H,25,31,32). The van der Waals surface area contributed by atoms with Gasteiger partial charge in [0, 0.05) is 39.8 Å². The summed E-state index contributed by atoms with van der Waals surface area (Å²) in [6, 6.07) is 10.2. The fraction of sp³-hybridized carbons (Fsp3) is 0.478. The largest absolute Gasteiger partial charge is 0.465 e. The fourth-order valence-corrected chi connectivity index (χ4v) is 4.26. The average molecular weight is 455 g/mol. The van der Waals surface area contributed by atoms with Crippen LogP contribution in [0, 0.1) is 0 Å². The molecule has 0 atom stereocenters. The normalized spacial score (nSPS) is 14.7. The third-order valence-corrected chi connectivity index (χ3v) is 5.99. The number of hydrogen-bond acceptors (Lipinski definition) is 7. The smallest absolute Gasteiger partial charge is 0.329 e. The second kappa shape index (κ2) is 10.0. The molecule has 0 bridgehead atoms. The van der Waals surface area contributed by atoms with Crippen molar-refractivity contribution in [2.24, 2.45) is 7.05 Å². The molecule has 0 radical (unpaired) electrons. The number of piperazine rings is 1. The molecule has 33 heavy (non-hydrogen) atoms. The molecule has 3 aromatic rings. The first-order valence-corrected chi connectivity index (χ1v) is 11.3. The first-order valence-electron chi connectivity index (χ1n) is 11.3. The van der Waals surface area contributed by atoms with Gasteiger partial charge in [-0.3, -0.25) is 24.0 Å². The summed E-state index contributed by atoms with van der Waals surface area (Å²) in [7, 11) is 1.61. The molecule has 0 amide bonds. The van der Waals surface area contributed by atoms with Crippen LogP contribution in [0.2, 0.25) is 0 Å². The summed E-state index contributed by atoms with van der Waals surface area (Å²) in [6.07, 6.45) is 1.70. The average Bonchev–Trinajstić information content (AvgIpc) is 3.19. The number of rotatable bonds is 8. The molecule has 1 aliphatic heterocycles. The molecule has 1 aliphatic rings. The van der Waals surface area contributed by atoms with Gasteiger partial charge in [0.2, 0.25) is 5.95 Å². The molecule has 0 aliphatic carbocycles. The second-order valence-corrected chi connectivity index (χ2v) is 8.21. The molecule has 0 spiro atoms. The van der Waals surface area contributed by atoms with E-state index in [1.54, 1.807) is 14.0 Å². The van der Waals surface area contributed by atoms with E-state index in [2.05, 4.69) is 26.9 Å². The lowest BCUT2D eigenvalue weighted by atomic mass is 10.1. The number of carbonyl (C=O) groups is 1. The number of H-pyrrole nitrogens is 1. The van der Waals surface area contributed by atoms with Crippen LogP contribution in [-0.4, -0.2) is 69.3 Å². The van der Waals surface area contributed by atoms with Gasteiger partial charge in [-0.15, -0.1) is 0 Å². The Morgan fingerprint density at radius 3 is 2.55 bits per heavy atom. The van der Waals surface area contributed by atoms with Gasteiger partial charge in [-0.1, -0.05) is 30.3 Å². The van der Waals surface area contributed by atoms with Crippen LogP contribution in [0.5, 0.6) is 0 Å². The summed E-state index contributed by atoms with van der Waals surface area (Å²) >= 11 is 0. The van der Waals surface area contributed by atoms with Gasteiger partial charge in [-0.2, -0.15) is 4.98 Å². The highest BCUT2D eigenvalue weighted by atomic mass is 16.5. The zero-order valence-electron chi connectivity index (χ0n) is 19.1. The molecule has 3 heterocycles. The minimum Gasteiger partial charge on any atom is -0.465 e. The highest BCUT2D eigenvalue weighted by Crippen LogP contribution is 2.22. The van der Waals surface area contributed by atoms with Crippen LogP contribution in [0.1, 0.15) is 18.9 Å². The Labute approximate surface area is 191 Å². The molecule has 1 fully saturated rings. The van der Waals surface area contributed by atoms with Crippen molar-refractivity contribution >= 4 is 23.1 Å². The minimum atomic E-state index is -0.479. The monoisotopic (exact) mass is 454 g/mol. The van der Waals surface area contributed by atoms with Crippen LogP contribution in [0.4, 0.5) is 5.95 Å². The van der Waals surface area contributed by atoms with Crippen molar-refractivity contribution in [1.82, 2.24) is 24.0 Å². The number of ether oxygens (including phenoxy) is 1. The van der Waals surface area contributed by atoms with Crippen molar-refractivity contribution in [3.05, 3.63) is 56.7 Å². The number of anilines is 1. The Balaban J connectivity index is 1.58. The number of esters is 1. The van der Waals surface area contributed by atoms with Gasteiger partial charge in [0.25, 0.3) is 5.56 Å². The topological polar surface area (TPSA) is 105 Å². The number of nitrogens with zero attached hydrogens (tertiary/aromatic N) is 5. The molecule has 10 nitrogen and oxygen atoms in total. The first-order chi connectivity index (χ1) is 16.0. The highest BCUT2D eigenvalue weighted by molar-refractivity contribution is 5.74. The molecule has 1 saturated heterocycles. The third kappa shape index (κ3) is 5.00. The summed E-state index contributed by atoms with van der Waals surface area (Å²) in [5.41, 5.74) is 1.12. The van der Waals surface area contributed by atoms with Crippen molar-refractivity contribution in [3.8, 4) is 0 Å². The van der Waals surface area contributed by atoms with Gasteiger partial charge >= 0.3 is 11.7 Å². The van der Waals surface area contributed by atoms with Gasteiger partial charge in [-0.05, 0) is 25.3 Å². The van der Waals surface area contributed by atoms with Gasteiger partial charge in [0.15, 0.2) is 11.2 Å². The number of aryl methyl sites for hydroxylation is 3. The third-order valence-electron chi connectivity index (χ3n) is 5.99. The van der Waals surface area contributed by atoms with Crippen molar-refractivity contribution in [2.75, 3.05) is 44.2 Å². The Kier molecular flexibility index (Phi) is 6.93. The maximum Gasteiger partial charge on any atom is 0.329 e. The van der Waals surface area contributed by atoms with E-state index in [0.29, 0.717) is 56.4 Å². The SMILES string of the molecule is CCOC(=O)CN1CCN(c2nc3c(c(=O)[nH]c(=O)n3C)n2CCCc2ccccc2)CC1. The number of nitrogens with one attached hydrogen (secondary N) is 1. The van der Waals surface area contributed by atoms with E-state index in [9.17, 15) is 14.4 Å². The Morgan fingerprint density at radius 1 is 1.12 bits per heavy atom. The molecule has 0 saturated carbocycles. The van der Waals surface area contributed by atoms with Crippen molar-refractivity contribution in [2.45, 2.75) is 26.3 Å². The Hall–Kier alpha value is -3.40. The lowest BCUT2D eigenvalue weighted by Crippen LogP contribution is -2.49. The number of hydrogen-bond donors (Lipinski definition) is 1. The summed E-state index contributed by atoms with van der Waals surface area (Å²) in [6.45, 7) is 5.73. The zero-order chi connectivity index (χ0) is 23.4. The zero-order valence-corrected chi connectivity index (χ0v) is 19.1. The van der Waals surface area contributed by atoms with Crippen LogP contribution < -0.4 is 16.1 Å². The number of aromatic amines is 1. The van der Waals surface area contributed by atoms with Gasteiger partial charge < -0.3 is 14.2 Å². The molecular formula is C23H30N6O4. The van der Waals surface area contributed by atoms with Crippen molar-refractivity contribution in [1.29, 1.82) is 0 Å². The van der Waals surface area contributed by atoms with E-state index >= 15 is 0 Å². The highest BCUT2D eigenvalue weighted by Gasteiger charge is 2.25. The molecule has 176 valence electrons. The molecule has 2 aromatic heterocycles. The van der Waals surface area contributed by atoms with E-state index in [0.717, 1.165) is 12.8 Å². The number of fused-ring (bicyclic) bond motifs is 1. The summed E-state index contributed by atoms with van der Waals surface area (Å²) in [5.74, 6) is 0.459. The molecule has 1 aromatic carbocycles. The molecule has 10 heteroatoms. The van der Waals surface area contributed by atoms with E-state index in [1.165, 1.54) is 10.1 Å². The molecule has 0 unspecified atom stereocenters. The Bertz CT molecular complexity index is 1220. The van der Waals surface area contributed by atoms with Crippen LogP contribution in [0.25, 0.3) is 11.2 Å². The van der Waals surface area contributed by atoms with E-state index in [1.807, 2.05) is 22.8 Å². The maximum absolute atomic E-state index is 12.7.